The zero-order chi connectivity index (χ0) is 26.4. The molecule has 0 aliphatic carbocycles. The van der Waals surface area contributed by atoms with Crippen molar-refractivity contribution in [3.05, 3.63) is 53.4 Å². The predicted molar refractivity (Wildman–Crippen MR) is 139 cm³/mol. The van der Waals surface area contributed by atoms with Crippen LogP contribution in [0, 0.1) is 11.3 Å². The van der Waals surface area contributed by atoms with E-state index in [2.05, 4.69) is 62.0 Å². The minimum absolute atomic E-state index is 0.0144. The number of nitriles is 1. The Morgan fingerprint density at radius 1 is 1.06 bits per heavy atom. The first-order valence-corrected chi connectivity index (χ1v) is 12.7. The lowest BCUT2D eigenvalue weighted by atomic mass is 10.1. The van der Waals surface area contributed by atoms with Gasteiger partial charge in [0.05, 0.1) is 31.9 Å². The molecule has 0 spiro atoms. The van der Waals surface area contributed by atoms with Gasteiger partial charge in [-0.1, -0.05) is 6.07 Å². The molecule has 186 valence electrons. The molecular formula is C27H32N8O. The Morgan fingerprint density at radius 2 is 1.86 bits per heavy atom. The van der Waals surface area contributed by atoms with Gasteiger partial charge in [-0.3, -0.25) is 14.9 Å². The average molecular weight is 487 g/mol. The van der Waals surface area contributed by atoms with Crippen molar-refractivity contribution >= 4 is 22.5 Å². The number of rotatable bonds is 4. The monoisotopic (exact) mass is 486 g/mol. The summed E-state index contributed by atoms with van der Waals surface area (Å²) in [5.41, 5.74) is 4.54. The molecule has 2 fully saturated rings. The summed E-state index contributed by atoms with van der Waals surface area (Å²) in [6.45, 7) is 11.0. The molecule has 3 aliphatic heterocycles. The molecule has 3 atom stereocenters. The Labute approximate surface area is 214 Å². The normalized spacial score (nSPS) is 25.4. The van der Waals surface area contributed by atoms with Gasteiger partial charge in [-0.15, -0.1) is 0 Å². The van der Waals surface area contributed by atoms with Crippen LogP contribution in [0.3, 0.4) is 0 Å². The van der Waals surface area contributed by atoms with E-state index in [1.54, 1.807) is 6.07 Å². The highest BCUT2D eigenvalue weighted by molar-refractivity contribution is 5.92. The quantitative estimate of drug-likeness (QED) is 0.597. The second-order valence-corrected chi connectivity index (χ2v) is 9.96. The van der Waals surface area contributed by atoms with E-state index in [1.807, 2.05) is 6.07 Å². The van der Waals surface area contributed by atoms with Crippen LogP contribution in [0.4, 0.5) is 11.5 Å². The third kappa shape index (κ3) is 4.37. The van der Waals surface area contributed by atoms with Crippen molar-refractivity contribution in [2.24, 2.45) is 0 Å². The van der Waals surface area contributed by atoms with Gasteiger partial charge in [0.15, 0.2) is 0 Å². The Kier molecular flexibility index (Phi) is 5.57. The molecule has 5 heterocycles. The summed E-state index contributed by atoms with van der Waals surface area (Å²) in [4.78, 5) is 20.5. The van der Waals surface area contributed by atoms with Crippen LogP contribution in [0.2, 0.25) is 0 Å². The van der Waals surface area contributed by atoms with E-state index < -0.39 is 0 Å². The molecular weight excluding hydrogens is 452 g/mol. The zero-order valence-corrected chi connectivity index (χ0v) is 20.7. The summed E-state index contributed by atoms with van der Waals surface area (Å²) >= 11 is 0. The fourth-order valence-electron chi connectivity index (χ4n) is 5.66. The maximum absolute atomic E-state index is 9.53. The number of nitrogens with one attached hydrogen (secondary N) is 1. The summed E-state index contributed by atoms with van der Waals surface area (Å²) in [5, 5.41) is 13.0. The van der Waals surface area contributed by atoms with E-state index in [0.717, 1.165) is 50.8 Å². The molecule has 0 radical (unpaired) electrons. The van der Waals surface area contributed by atoms with Crippen molar-refractivity contribution in [2.75, 3.05) is 55.6 Å². The van der Waals surface area contributed by atoms with Crippen LogP contribution in [0.1, 0.15) is 39.5 Å². The van der Waals surface area contributed by atoms with Gasteiger partial charge in [-0.25, -0.2) is 4.98 Å². The number of aromatic nitrogens is 3. The lowest BCUT2D eigenvalue weighted by Crippen LogP contribution is -2.54. The highest BCUT2D eigenvalue weighted by atomic mass is 16.5. The van der Waals surface area contributed by atoms with E-state index in [-0.39, 0.29) is 24.6 Å². The topological polar surface area (TPSA) is 93.4 Å². The van der Waals surface area contributed by atoms with Gasteiger partial charge in [0.2, 0.25) is 0 Å². The van der Waals surface area contributed by atoms with Crippen LogP contribution in [0.15, 0.2) is 36.6 Å². The Bertz CT molecular complexity index is 1400. The molecule has 9 nitrogen and oxygen atoms in total. The molecule has 3 aliphatic rings. The minimum Gasteiger partial charge on any atom is -0.370 e. The number of fused-ring (bicyclic) bond motifs is 2. The molecule has 0 saturated carbocycles. The van der Waals surface area contributed by atoms with Gasteiger partial charge in [0.1, 0.15) is 22.9 Å². The van der Waals surface area contributed by atoms with Crippen molar-refractivity contribution in [3.8, 4) is 6.07 Å². The maximum Gasteiger partial charge on any atom is 0.128 e. The fraction of sp³-hybridized carbons (Fsp3) is 0.481. The maximum atomic E-state index is 9.53. The first kappa shape index (κ1) is 20.8. The van der Waals surface area contributed by atoms with E-state index in [4.69, 9.17) is 12.5 Å². The molecule has 1 N–H and O–H groups in total. The first-order chi connectivity index (χ1) is 18.4. The van der Waals surface area contributed by atoms with Gasteiger partial charge < -0.3 is 19.9 Å². The third-order valence-corrected chi connectivity index (χ3v) is 7.50. The van der Waals surface area contributed by atoms with Crippen molar-refractivity contribution in [2.45, 2.75) is 38.6 Å². The molecule has 2 saturated heterocycles. The predicted octanol–water partition coefficient (Wildman–Crippen LogP) is 2.48. The summed E-state index contributed by atoms with van der Waals surface area (Å²) in [5.74, 6) is 1.06. The van der Waals surface area contributed by atoms with Crippen LogP contribution < -0.4 is 15.1 Å². The van der Waals surface area contributed by atoms with E-state index in [1.165, 1.54) is 11.3 Å². The number of anilines is 2. The summed E-state index contributed by atoms with van der Waals surface area (Å²) in [6.07, 6.45) is -0.375. The molecule has 36 heavy (non-hydrogen) atoms. The SMILES string of the molecule is [2H]c1nc2c(C#N)ccc(N3C[C@H](CN4CCN(c5ccc6c(n5)CN[C@@H]6C)CC4)O[C@H](C)C3)c2nc1[2H]. The van der Waals surface area contributed by atoms with Crippen molar-refractivity contribution < 1.29 is 7.48 Å². The minimum atomic E-state index is -0.222. The standard InChI is InChI=1S/C27H32N8O/c1-18-15-35(24-5-3-20(13-28)26-27(24)30-8-7-29-26)17-21(36-18)16-33-9-11-34(12-10-33)25-6-4-22-19(2)31-14-23(22)32-25/h3-8,18-19,21,31H,9-12,14-17H2,1-2H3/t18-,19-,21+/m1/s1/i7D,8D. The van der Waals surface area contributed by atoms with Crippen LogP contribution in [0.5, 0.6) is 0 Å². The lowest BCUT2D eigenvalue weighted by molar-refractivity contribution is -0.0327. The Hall–Kier alpha value is -3.32. The molecule has 1 aromatic carbocycles. The highest BCUT2D eigenvalue weighted by Crippen LogP contribution is 2.29. The highest BCUT2D eigenvalue weighted by Gasteiger charge is 2.30. The summed E-state index contributed by atoms with van der Waals surface area (Å²) in [7, 11) is 0. The summed E-state index contributed by atoms with van der Waals surface area (Å²) in [6, 6.07) is 10.5. The fourth-order valence-corrected chi connectivity index (χ4v) is 5.66. The third-order valence-electron chi connectivity index (χ3n) is 7.50. The second-order valence-electron chi connectivity index (χ2n) is 9.96. The molecule has 2 aromatic heterocycles. The number of nitrogens with zero attached hydrogens (tertiary/aromatic N) is 7. The van der Waals surface area contributed by atoms with Gasteiger partial charge >= 0.3 is 0 Å². The lowest BCUT2D eigenvalue weighted by Gasteiger charge is -2.42. The van der Waals surface area contributed by atoms with E-state index in [9.17, 15) is 5.26 Å². The molecule has 0 unspecified atom stereocenters. The van der Waals surface area contributed by atoms with E-state index >= 15 is 0 Å². The molecule has 9 heteroatoms. The van der Waals surface area contributed by atoms with Gasteiger partial charge in [-0.05, 0) is 37.6 Å². The number of ether oxygens (including phenoxy) is 1. The average Bonchev–Trinajstić information content (AvgIpc) is 3.29. The largest absolute Gasteiger partial charge is 0.370 e. The van der Waals surface area contributed by atoms with Gasteiger partial charge in [-0.2, -0.15) is 5.26 Å². The molecule has 6 rings (SSSR count). The zero-order valence-electron chi connectivity index (χ0n) is 22.7. The van der Waals surface area contributed by atoms with Gasteiger partial charge in [0, 0.05) is 70.7 Å². The molecule has 0 bridgehead atoms. The van der Waals surface area contributed by atoms with Crippen LogP contribution >= 0.6 is 0 Å². The van der Waals surface area contributed by atoms with Crippen LogP contribution in [-0.4, -0.2) is 77.9 Å². The van der Waals surface area contributed by atoms with Crippen LogP contribution in [0.25, 0.3) is 11.0 Å². The number of pyridine rings is 1. The van der Waals surface area contributed by atoms with Crippen molar-refractivity contribution in [1.82, 2.24) is 25.2 Å². The van der Waals surface area contributed by atoms with Crippen molar-refractivity contribution in [1.29, 1.82) is 5.26 Å². The number of piperazine rings is 1. The number of morpholine rings is 1. The van der Waals surface area contributed by atoms with Crippen LogP contribution in [-0.2, 0) is 11.3 Å². The molecule has 3 aromatic rings. The van der Waals surface area contributed by atoms with E-state index in [0.29, 0.717) is 35.7 Å². The summed E-state index contributed by atoms with van der Waals surface area (Å²) < 4.78 is 22.2. The Morgan fingerprint density at radius 3 is 2.67 bits per heavy atom. The number of hydrogen-bond acceptors (Lipinski definition) is 9. The Balaban J connectivity index is 1.13. The second kappa shape index (κ2) is 9.62. The number of hydrogen-bond donors (Lipinski definition) is 1. The van der Waals surface area contributed by atoms with Gasteiger partial charge in [0.25, 0.3) is 0 Å². The smallest absolute Gasteiger partial charge is 0.128 e. The molecule has 0 amide bonds. The number of benzene rings is 1. The first-order valence-electron chi connectivity index (χ1n) is 13.7. The van der Waals surface area contributed by atoms with Crippen molar-refractivity contribution in [3.63, 3.8) is 0 Å².